The molecule has 0 spiro atoms. The van der Waals surface area contributed by atoms with E-state index in [1.54, 1.807) is 18.2 Å². The van der Waals surface area contributed by atoms with Gasteiger partial charge < -0.3 is 5.73 Å². The molecule has 0 aliphatic carbocycles. The van der Waals surface area contributed by atoms with Crippen LogP contribution in [0.4, 0.5) is 18.9 Å². The minimum absolute atomic E-state index is 0.00955. The third-order valence-corrected chi connectivity index (χ3v) is 4.52. The predicted octanol–water partition coefficient (Wildman–Crippen LogP) is 5.89. The van der Waals surface area contributed by atoms with Crippen molar-refractivity contribution in [3.63, 3.8) is 0 Å². The van der Waals surface area contributed by atoms with Crippen molar-refractivity contribution in [2.45, 2.75) is 6.18 Å². The summed E-state index contributed by atoms with van der Waals surface area (Å²) in [4.78, 5) is 16.9. The van der Waals surface area contributed by atoms with Gasteiger partial charge in [0.05, 0.1) is 27.0 Å². The van der Waals surface area contributed by atoms with Gasteiger partial charge in [0.25, 0.3) is 0 Å². The van der Waals surface area contributed by atoms with E-state index in [-0.39, 0.29) is 32.6 Å². The highest BCUT2D eigenvalue weighted by Gasteiger charge is 2.31. The van der Waals surface area contributed by atoms with Crippen LogP contribution in [0.1, 0.15) is 21.5 Å². The van der Waals surface area contributed by atoms with Crippen molar-refractivity contribution in [3.8, 4) is 11.3 Å². The minimum Gasteiger partial charge on any atom is -0.396 e. The second-order valence-electron chi connectivity index (χ2n) is 5.63. The van der Waals surface area contributed by atoms with Crippen LogP contribution in [0.5, 0.6) is 0 Å². The Balaban J connectivity index is 2.11. The molecule has 1 heterocycles. The number of hydrogen-bond donors (Lipinski definition) is 1. The molecule has 0 unspecified atom stereocenters. The van der Waals surface area contributed by atoms with Crippen LogP contribution in [0.2, 0.25) is 10.0 Å². The zero-order valence-electron chi connectivity index (χ0n) is 13.5. The number of nitrogen functional groups attached to an aromatic ring is 1. The van der Waals surface area contributed by atoms with Gasteiger partial charge in [-0.3, -0.25) is 9.78 Å². The summed E-state index contributed by atoms with van der Waals surface area (Å²) >= 11 is 12.3. The van der Waals surface area contributed by atoms with E-state index in [4.69, 9.17) is 28.9 Å². The Labute approximate surface area is 162 Å². The Morgan fingerprint density at radius 2 is 1.63 bits per heavy atom. The van der Waals surface area contributed by atoms with Crippen molar-refractivity contribution in [3.05, 3.63) is 81.5 Å². The number of aromatic nitrogens is 1. The maximum Gasteiger partial charge on any atom is 0.416 e. The molecule has 0 atom stereocenters. The third kappa shape index (κ3) is 3.77. The Morgan fingerprint density at radius 1 is 1.00 bits per heavy atom. The van der Waals surface area contributed by atoms with Crippen LogP contribution < -0.4 is 5.73 Å². The van der Waals surface area contributed by atoms with Gasteiger partial charge in [0.1, 0.15) is 0 Å². The van der Waals surface area contributed by atoms with Crippen LogP contribution in [0.3, 0.4) is 0 Å². The number of rotatable bonds is 3. The average molecular weight is 411 g/mol. The molecule has 1 aromatic heterocycles. The fourth-order valence-corrected chi connectivity index (χ4v) is 3.16. The first kappa shape index (κ1) is 19.2. The van der Waals surface area contributed by atoms with Crippen molar-refractivity contribution in [2.75, 3.05) is 5.73 Å². The first-order valence-electron chi connectivity index (χ1n) is 7.61. The largest absolute Gasteiger partial charge is 0.416 e. The van der Waals surface area contributed by atoms with Gasteiger partial charge >= 0.3 is 6.18 Å². The molecule has 3 aromatic rings. The summed E-state index contributed by atoms with van der Waals surface area (Å²) in [5.41, 5.74) is 5.55. The number of alkyl halides is 3. The lowest BCUT2D eigenvalue weighted by molar-refractivity contribution is -0.137. The van der Waals surface area contributed by atoms with E-state index in [1.165, 1.54) is 24.4 Å². The number of pyridine rings is 1. The van der Waals surface area contributed by atoms with E-state index in [1.807, 2.05) is 0 Å². The van der Waals surface area contributed by atoms with Crippen molar-refractivity contribution >= 4 is 34.7 Å². The van der Waals surface area contributed by atoms with Crippen LogP contribution in [0.15, 0.2) is 54.7 Å². The predicted molar refractivity (Wildman–Crippen MR) is 99.0 cm³/mol. The lowest BCUT2D eigenvalue weighted by Crippen LogP contribution is -2.10. The number of halogens is 5. The maximum atomic E-state index is 12.9. The van der Waals surface area contributed by atoms with E-state index < -0.39 is 17.5 Å². The highest BCUT2D eigenvalue weighted by Crippen LogP contribution is 2.38. The number of benzene rings is 2. The van der Waals surface area contributed by atoms with Crippen molar-refractivity contribution in [1.29, 1.82) is 0 Å². The molecule has 138 valence electrons. The van der Waals surface area contributed by atoms with Gasteiger partial charge in [-0.2, -0.15) is 13.2 Å². The van der Waals surface area contributed by atoms with Gasteiger partial charge in [0.2, 0.25) is 0 Å². The molecule has 0 amide bonds. The number of anilines is 1. The van der Waals surface area contributed by atoms with Crippen LogP contribution in [-0.2, 0) is 6.18 Å². The topological polar surface area (TPSA) is 56.0 Å². The van der Waals surface area contributed by atoms with Crippen LogP contribution in [-0.4, -0.2) is 10.8 Å². The van der Waals surface area contributed by atoms with Gasteiger partial charge in [-0.25, -0.2) is 0 Å². The standard InChI is InChI=1S/C19H11Cl2F3N2O/c20-13-5-2-6-14(21)15(13)17-16(25)12(7-8-26-17)18(27)10-3-1-4-11(9-10)19(22,23)24/h1-9H,25H2. The van der Waals surface area contributed by atoms with Crippen LogP contribution in [0.25, 0.3) is 11.3 Å². The number of carbonyl (C=O) groups excluding carboxylic acids is 1. The second kappa shape index (κ2) is 7.21. The van der Waals surface area contributed by atoms with Crippen LogP contribution >= 0.6 is 23.2 Å². The van der Waals surface area contributed by atoms with Crippen molar-refractivity contribution in [2.24, 2.45) is 0 Å². The number of nitrogens with zero attached hydrogens (tertiary/aromatic N) is 1. The molecule has 2 N–H and O–H groups in total. The molecule has 0 aliphatic rings. The molecule has 3 rings (SSSR count). The Kier molecular flexibility index (Phi) is 5.13. The molecule has 0 fully saturated rings. The van der Waals surface area contributed by atoms with Crippen molar-refractivity contribution < 1.29 is 18.0 Å². The molecule has 0 saturated carbocycles. The Hall–Kier alpha value is -2.57. The Morgan fingerprint density at radius 3 is 2.26 bits per heavy atom. The van der Waals surface area contributed by atoms with Gasteiger partial charge in [0, 0.05) is 22.9 Å². The third-order valence-electron chi connectivity index (χ3n) is 3.89. The second-order valence-corrected chi connectivity index (χ2v) is 6.44. The molecule has 8 heteroatoms. The molecule has 0 saturated heterocycles. The van der Waals surface area contributed by atoms with Gasteiger partial charge in [-0.15, -0.1) is 0 Å². The molecule has 27 heavy (non-hydrogen) atoms. The molecule has 0 aliphatic heterocycles. The molecule has 0 radical (unpaired) electrons. The van der Waals surface area contributed by atoms with Gasteiger partial charge in [-0.05, 0) is 30.3 Å². The molecule has 3 nitrogen and oxygen atoms in total. The number of ketones is 1. The summed E-state index contributed by atoms with van der Waals surface area (Å²) in [7, 11) is 0. The Bertz CT molecular complexity index is 1020. The van der Waals surface area contributed by atoms with E-state index >= 15 is 0 Å². The number of carbonyl (C=O) groups is 1. The fourth-order valence-electron chi connectivity index (χ4n) is 2.59. The maximum absolute atomic E-state index is 12.9. The average Bonchev–Trinajstić information content (AvgIpc) is 2.62. The monoisotopic (exact) mass is 410 g/mol. The van der Waals surface area contributed by atoms with Crippen LogP contribution in [0, 0.1) is 0 Å². The van der Waals surface area contributed by atoms with E-state index in [0.29, 0.717) is 5.56 Å². The summed E-state index contributed by atoms with van der Waals surface area (Å²) < 4.78 is 38.7. The zero-order valence-corrected chi connectivity index (χ0v) is 15.0. The smallest absolute Gasteiger partial charge is 0.396 e. The summed E-state index contributed by atoms with van der Waals surface area (Å²) in [5.74, 6) is -0.662. The van der Waals surface area contributed by atoms with E-state index in [0.717, 1.165) is 12.1 Å². The lowest BCUT2D eigenvalue weighted by Gasteiger charge is -2.13. The van der Waals surface area contributed by atoms with Gasteiger partial charge in [0.15, 0.2) is 5.78 Å². The summed E-state index contributed by atoms with van der Waals surface area (Å²) in [5, 5.41) is 0.565. The number of nitrogens with two attached hydrogens (primary N) is 1. The summed E-state index contributed by atoms with van der Waals surface area (Å²) in [6, 6.07) is 10.3. The lowest BCUT2D eigenvalue weighted by atomic mass is 9.98. The molecule has 2 aromatic carbocycles. The zero-order chi connectivity index (χ0) is 19.8. The summed E-state index contributed by atoms with van der Waals surface area (Å²) in [6.07, 6.45) is -3.23. The highest BCUT2D eigenvalue weighted by molar-refractivity contribution is 6.39. The fraction of sp³-hybridized carbons (Fsp3) is 0.0526. The molecular weight excluding hydrogens is 400 g/mol. The summed E-state index contributed by atoms with van der Waals surface area (Å²) in [6.45, 7) is 0. The SMILES string of the molecule is Nc1c(C(=O)c2cccc(C(F)(F)F)c2)ccnc1-c1c(Cl)cccc1Cl. The highest BCUT2D eigenvalue weighted by atomic mass is 35.5. The van der Waals surface area contributed by atoms with Crippen molar-refractivity contribution in [1.82, 2.24) is 4.98 Å². The molecular formula is C19H11Cl2F3N2O. The normalized spacial score (nSPS) is 11.4. The van der Waals surface area contributed by atoms with Gasteiger partial charge in [-0.1, -0.05) is 41.4 Å². The van der Waals surface area contributed by atoms with E-state index in [9.17, 15) is 18.0 Å². The minimum atomic E-state index is -4.56. The first-order chi connectivity index (χ1) is 12.7. The van der Waals surface area contributed by atoms with E-state index in [2.05, 4.69) is 4.98 Å². The molecule has 0 bridgehead atoms. The first-order valence-corrected chi connectivity index (χ1v) is 8.36. The quantitative estimate of drug-likeness (QED) is 0.547. The number of hydrogen-bond acceptors (Lipinski definition) is 3.